The van der Waals surface area contributed by atoms with E-state index >= 15 is 0 Å². The van der Waals surface area contributed by atoms with E-state index in [2.05, 4.69) is 5.32 Å². The molecular weight excluding hydrogens is 223 g/mol. The summed E-state index contributed by atoms with van der Waals surface area (Å²) >= 11 is 1.84. The first kappa shape index (κ1) is 10.9. The third kappa shape index (κ3) is 2.51. The van der Waals surface area contributed by atoms with E-state index in [9.17, 15) is 13.2 Å². The van der Waals surface area contributed by atoms with Crippen LogP contribution in [0.5, 0.6) is 0 Å². The molecular formula is C10H12F3NS. The van der Waals surface area contributed by atoms with E-state index in [1.165, 1.54) is 6.42 Å². The van der Waals surface area contributed by atoms with Gasteiger partial charge in [-0.25, -0.2) is 0 Å². The van der Waals surface area contributed by atoms with Gasteiger partial charge in [-0.05, 0) is 30.2 Å². The second kappa shape index (κ2) is 4.12. The molecule has 2 aliphatic rings. The molecule has 2 aliphatic heterocycles. The molecule has 2 rings (SSSR count). The Balaban J connectivity index is 2.06. The van der Waals surface area contributed by atoms with Gasteiger partial charge in [0.15, 0.2) is 0 Å². The largest absolute Gasteiger partial charge is 0.430 e. The first-order chi connectivity index (χ1) is 7.07. The summed E-state index contributed by atoms with van der Waals surface area (Å²) in [6, 6.07) is 0. The van der Waals surface area contributed by atoms with Gasteiger partial charge < -0.3 is 5.32 Å². The van der Waals surface area contributed by atoms with Crippen LogP contribution in [0.3, 0.4) is 0 Å². The van der Waals surface area contributed by atoms with Gasteiger partial charge >= 0.3 is 6.18 Å². The standard InChI is InChI=1S/C10H12F3NS/c11-10(12,13)9-4-3-7(6-14-9)8-2-1-5-15-8/h3-4,8,14H,1-2,5-6H2. The normalized spacial score (nSPS) is 27.0. The molecule has 5 heteroatoms. The van der Waals surface area contributed by atoms with Gasteiger partial charge in [0.05, 0.1) is 0 Å². The van der Waals surface area contributed by atoms with E-state index < -0.39 is 11.9 Å². The molecule has 15 heavy (non-hydrogen) atoms. The Morgan fingerprint density at radius 3 is 2.60 bits per heavy atom. The summed E-state index contributed by atoms with van der Waals surface area (Å²) in [4.78, 5) is 0. The molecule has 0 bridgehead atoms. The third-order valence-electron chi connectivity index (χ3n) is 2.60. The van der Waals surface area contributed by atoms with Crippen LogP contribution in [0.25, 0.3) is 0 Å². The Kier molecular flexibility index (Phi) is 3.00. The average Bonchev–Trinajstić information content (AvgIpc) is 2.69. The fourth-order valence-electron chi connectivity index (χ4n) is 1.79. The van der Waals surface area contributed by atoms with Crippen molar-refractivity contribution in [1.29, 1.82) is 0 Å². The molecule has 1 fully saturated rings. The monoisotopic (exact) mass is 235 g/mol. The maximum Gasteiger partial charge on any atom is 0.430 e. The number of alkyl halides is 3. The van der Waals surface area contributed by atoms with Gasteiger partial charge in [0, 0.05) is 11.8 Å². The van der Waals surface area contributed by atoms with Crippen molar-refractivity contribution in [3.8, 4) is 0 Å². The van der Waals surface area contributed by atoms with E-state index in [0.29, 0.717) is 11.8 Å². The number of hydrogen-bond acceptors (Lipinski definition) is 2. The molecule has 1 saturated heterocycles. The zero-order valence-corrected chi connectivity index (χ0v) is 8.92. The zero-order chi connectivity index (χ0) is 10.9. The molecule has 0 spiro atoms. The van der Waals surface area contributed by atoms with Crippen molar-refractivity contribution >= 4 is 11.8 Å². The Bertz CT molecular complexity index is 300. The SMILES string of the molecule is FC(F)(F)C1=CC=C(C2CCCS2)CN1. The van der Waals surface area contributed by atoms with E-state index in [0.717, 1.165) is 23.8 Å². The third-order valence-corrected chi connectivity index (χ3v) is 4.06. The highest BCUT2D eigenvalue weighted by Crippen LogP contribution is 2.33. The molecule has 0 amide bonds. The van der Waals surface area contributed by atoms with Crippen molar-refractivity contribution in [2.24, 2.45) is 0 Å². The molecule has 1 N–H and O–H groups in total. The Morgan fingerprint density at radius 1 is 1.33 bits per heavy atom. The predicted octanol–water partition coefficient (Wildman–Crippen LogP) is 2.86. The molecule has 1 nitrogen and oxygen atoms in total. The number of hydrogen-bond donors (Lipinski definition) is 1. The summed E-state index contributed by atoms with van der Waals surface area (Å²) in [6.07, 6.45) is 0.792. The van der Waals surface area contributed by atoms with Crippen molar-refractivity contribution in [3.63, 3.8) is 0 Å². The number of rotatable bonds is 1. The van der Waals surface area contributed by atoms with E-state index in [-0.39, 0.29) is 0 Å². The van der Waals surface area contributed by atoms with Gasteiger partial charge in [-0.2, -0.15) is 24.9 Å². The van der Waals surface area contributed by atoms with Crippen LogP contribution >= 0.6 is 11.8 Å². The highest BCUT2D eigenvalue weighted by Gasteiger charge is 2.35. The predicted molar refractivity (Wildman–Crippen MR) is 55.7 cm³/mol. The number of halogens is 3. The smallest absolute Gasteiger partial charge is 0.377 e. The van der Waals surface area contributed by atoms with Crippen LogP contribution in [0, 0.1) is 0 Å². The molecule has 0 radical (unpaired) electrons. The van der Waals surface area contributed by atoms with Gasteiger partial charge in [0.1, 0.15) is 5.70 Å². The van der Waals surface area contributed by atoms with Crippen molar-refractivity contribution in [1.82, 2.24) is 5.32 Å². The summed E-state index contributed by atoms with van der Waals surface area (Å²) in [6.45, 7) is 0.336. The van der Waals surface area contributed by atoms with Gasteiger partial charge in [0.25, 0.3) is 0 Å². The van der Waals surface area contributed by atoms with Crippen molar-refractivity contribution in [3.05, 3.63) is 23.4 Å². The second-order valence-corrected chi connectivity index (χ2v) is 4.99. The Morgan fingerprint density at radius 2 is 2.13 bits per heavy atom. The lowest BCUT2D eigenvalue weighted by Crippen LogP contribution is -2.31. The summed E-state index contributed by atoms with van der Waals surface area (Å²) in [5.74, 6) is 1.12. The van der Waals surface area contributed by atoms with Crippen LogP contribution in [0.15, 0.2) is 23.4 Å². The van der Waals surface area contributed by atoms with Crippen LogP contribution in [0.4, 0.5) is 13.2 Å². The van der Waals surface area contributed by atoms with E-state index in [1.54, 1.807) is 6.08 Å². The summed E-state index contributed by atoms with van der Waals surface area (Å²) in [5.41, 5.74) is 0.458. The molecule has 0 aromatic heterocycles. The minimum atomic E-state index is -4.25. The molecule has 84 valence electrons. The van der Waals surface area contributed by atoms with E-state index in [1.807, 2.05) is 11.8 Å². The zero-order valence-electron chi connectivity index (χ0n) is 8.10. The average molecular weight is 235 g/mol. The first-order valence-corrected chi connectivity index (χ1v) is 5.95. The highest BCUT2D eigenvalue weighted by atomic mass is 32.2. The lowest BCUT2D eigenvalue weighted by atomic mass is 10.1. The molecule has 2 heterocycles. The maximum absolute atomic E-state index is 12.3. The van der Waals surface area contributed by atoms with Gasteiger partial charge in [0.2, 0.25) is 0 Å². The van der Waals surface area contributed by atoms with Gasteiger partial charge in [-0.15, -0.1) is 0 Å². The molecule has 0 aliphatic carbocycles. The molecule has 1 atom stereocenters. The summed E-state index contributed by atoms with van der Waals surface area (Å²) < 4.78 is 36.8. The quantitative estimate of drug-likeness (QED) is 0.750. The highest BCUT2D eigenvalue weighted by molar-refractivity contribution is 8.00. The molecule has 1 unspecified atom stereocenters. The lowest BCUT2D eigenvalue weighted by Gasteiger charge is -2.22. The number of allylic oxidation sites excluding steroid dienone is 3. The fraction of sp³-hybridized carbons (Fsp3) is 0.600. The van der Waals surface area contributed by atoms with Crippen LogP contribution in [-0.4, -0.2) is 23.7 Å². The molecule has 0 saturated carbocycles. The minimum Gasteiger partial charge on any atom is -0.377 e. The van der Waals surface area contributed by atoms with Crippen molar-refractivity contribution in [2.75, 3.05) is 12.3 Å². The van der Waals surface area contributed by atoms with Crippen molar-refractivity contribution < 1.29 is 13.2 Å². The van der Waals surface area contributed by atoms with Crippen molar-refractivity contribution in [2.45, 2.75) is 24.3 Å². The maximum atomic E-state index is 12.3. The molecule has 0 aromatic rings. The Hall–Kier alpha value is -0.580. The van der Waals surface area contributed by atoms with Crippen LogP contribution in [0.2, 0.25) is 0 Å². The second-order valence-electron chi connectivity index (χ2n) is 3.67. The van der Waals surface area contributed by atoms with Gasteiger partial charge in [-0.1, -0.05) is 6.08 Å². The van der Waals surface area contributed by atoms with Gasteiger partial charge in [-0.3, -0.25) is 0 Å². The first-order valence-electron chi connectivity index (χ1n) is 4.91. The number of dihydropyridines is 1. The van der Waals surface area contributed by atoms with Crippen LogP contribution in [-0.2, 0) is 0 Å². The Labute approximate surface area is 90.8 Å². The number of thioether (sulfide) groups is 1. The van der Waals surface area contributed by atoms with E-state index in [4.69, 9.17) is 0 Å². The summed E-state index contributed by atoms with van der Waals surface area (Å²) in [7, 11) is 0. The fourth-order valence-corrected chi connectivity index (χ4v) is 3.12. The summed E-state index contributed by atoms with van der Waals surface area (Å²) in [5, 5.41) is 2.86. The minimum absolute atomic E-state index is 0.336. The van der Waals surface area contributed by atoms with Crippen LogP contribution in [0.1, 0.15) is 12.8 Å². The van der Waals surface area contributed by atoms with Crippen LogP contribution < -0.4 is 5.32 Å². The topological polar surface area (TPSA) is 12.0 Å². The number of nitrogens with one attached hydrogen (secondary N) is 1. The molecule has 0 aromatic carbocycles. The lowest BCUT2D eigenvalue weighted by molar-refractivity contribution is -0.0966.